The number of unbranched alkanes of at least 4 members (excludes halogenated alkanes) is 1. The van der Waals surface area contributed by atoms with Crippen molar-refractivity contribution in [2.24, 2.45) is 0 Å². The summed E-state index contributed by atoms with van der Waals surface area (Å²) in [4.78, 5) is 25.0. The van der Waals surface area contributed by atoms with Crippen LogP contribution in [0.3, 0.4) is 0 Å². The molecule has 1 amide bonds. The topological polar surface area (TPSA) is 58.6 Å². The van der Waals surface area contributed by atoms with Gasteiger partial charge in [-0.25, -0.2) is 0 Å². The van der Waals surface area contributed by atoms with Crippen molar-refractivity contribution in [3.63, 3.8) is 0 Å². The van der Waals surface area contributed by atoms with Gasteiger partial charge in [-0.1, -0.05) is 6.08 Å². The highest BCUT2D eigenvalue weighted by molar-refractivity contribution is 5.87. The zero-order valence-electron chi connectivity index (χ0n) is 13.1. The monoisotopic (exact) mass is 284 g/mol. The first-order valence-corrected chi connectivity index (χ1v) is 7.39. The summed E-state index contributed by atoms with van der Waals surface area (Å²) < 4.78 is 4.97. The van der Waals surface area contributed by atoms with Crippen LogP contribution in [0.4, 0.5) is 0 Å². The highest BCUT2D eigenvalue weighted by Gasteiger charge is 2.16. The number of likely N-dealkylation sites (N-methyl/N-ethyl adjacent to an activating group) is 2. The molecule has 5 nitrogen and oxygen atoms in total. The number of nitrogens with one attached hydrogen (secondary N) is 1. The summed E-state index contributed by atoms with van der Waals surface area (Å²) in [5.41, 5.74) is 0. The van der Waals surface area contributed by atoms with E-state index >= 15 is 0 Å². The molecule has 0 spiro atoms. The molecule has 1 atom stereocenters. The molecule has 0 aliphatic carbocycles. The summed E-state index contributed by atoms with van der Waals surface area (Å²) in [5.74, 6) is -0.163. The molecular weight excluding hydrogens is 256 g/mol. The zero-order chi connectivity index (χ0) is 15.4. The fourth-order valence-corrected chi connectivity index (χ4v) is 1.89. The van der Waals surface area contributed by atoms with E-state index in [1.807, 2.05) is 19.9 Å². The van der Waals surface area contributed by atoms with Gasteiger partial charge in [0.05, 0.1) is 6.61 Å². The largest absolute Gasteiger partial charge is 0.465 e. The average molecular weight is 284 g/mol. The van der Waals surface area contributed by atoms with Gasteiger partial charge in [0.15, 0.2) is 0 Å². The second kappa shape index (κ2) is 11.5. The number of amides is 1. The van der Waals surface area contributed by atoms with Crippen LogP contribution in [0.25, 0.3) is 0 Å². The van der Waals surface area contributed by atoms with E-state index in [0.717, 1.165) is 25.9 Å². The van der Waals surface area contributed by atoms with Crippen LogP contribution >= 0.6 is 0 Å². The number of esters is 1. The van der Waals surface area contributed by atoms with Crippen molar-refractivity contribution in [3.8, 4) is 0 Å². The van der Waals surface area contributed by atoms with Crippen molar-refractivity contribution < 1.29 is 14.3 Å². The molecule has 116 valence electrons. The van der Waals surface area contributed by atoms with Crippen LogP contribution in [0.5, 0.6) is 0 Å². The SMILES string of the molecule is CCOC(=O)C(CCC/C=C\C(=O)N(CC)CC)NC. The third-order valence-electron chi connectivity index (χ3n) is 3.12. The predicted octanol–water partition coefficient (Wildman–Crippen LogP) is 1.73. The van der Waals surface area contributed by atoms with Gasteiger partial charge in [-0.05, 0) is 53.2 Å². The average Bonchev–Trinajstić information content (AvgIpc) is 2.44. The first-order chi connectivity index (χ1) is 9.60. The Morgan fingerprint density at radius 2 is 1.90 bits per heavy atom. The lowest BCUT2D eigenvalue weighted by Gasteiger charge is -2.16. The molecule has 0 fully saturated rings. The molecule has 0 radical (unpaired) electrons. The van der Waals surface area contributed by atoms with E-state index in [1.165, 1.54) is 0 Å². The highest BCUT2D eigenvalue weighted by atomic mass is 16.5. The van der Waals surface area contributed by atoms with Crippen molar-refractivity contribution in [1.29, 1.82) is 0 Å². The third-order valence-corrected chi connectivity index (χ3v) is 3.12. The number of carbonyl (C=O) groups is 2. The summed E-state index contributed by atoms with van der Waals surface area (Å²) in [6.07, 6.45) is 5.82. The van der Waals surface area contributed by atoms with Crippen molar-refractivity contribution in [2.75, 3.05) is 26.7 Å². The van der Waals surface area contributed by atoms with Crippen LogP contribution in [0.15, 0.2) is 12.2 Å². The first kappa shape index (κ1) is 18.6. The quantitative estimate of drug-likeness (QED) is 0.377. The molecule has 0 aromatic carbocycles. The van der Waals surface area contributed by atoms with E-state index in [1.54, 1.807) is 24.9 Å². The van der Waals surface area contributed by atoms with E-state index in [0.29, 0.717) is 13.0 Å². The van der Waals surface area contributed by atoms with Gasteiger partial charge in [-0.15, -0.1) is 0 Å². The second-order valence-corrected chi connectivity index (χ2v) is 4.44. The summed E-state index contributed by atoms with van der Waals surface area (Å²) >= 11 is 0. The van der Waals surface area contributed by atoms with Gasteiger partial charge >= 0.3 is 5.97 Å². The van der Waals surface area contributed by atoms with Crippen LogP contribution in [-0.4, -0.2) is 49.6 Å². The Kier molecular flexibility index (Phi) is 10.7. The molecule has 0 saturated carbocycles. The number of nitrogens with zero attached hydrogens (tertiary/aromatic N) is 1. The Labute approximate surface area is 122 Å². The molecule has 0 aliphatic heterocycles. The minimum atomic E-state index is -0.262. The maximum Gasteiger partial charge on any atom is 0.323 e. The van der Waals surface area contributed by atoms with Gasteiger partial charge in [0.2, 0.25) is 5.91 Å². The summed E-state index contributed by atoms with van der Waals surface area (Å²) in [6, 6.07) is -0.262. The Bertz CT molecular complexity index is 312. The molecule has 0 aliphatic rings. The van der Waals surface area contributed by atoms with Crippen LogP contribution in [0, 0.1) is 0 Å². The molecule has 1 N–H and O–H groups in total. The van der Waals surface area contributed by atoms with E-state index in [-0.39, 0.29) is 17.9 Å². The Hall–Kier alpha value is -1.36. The standard InChI is InChI=1S/C15H28N2O3/c1-5-17(6-2)14(18)12-10-8-9-11-13(16-4)15(19)20-7-3/h10,12-13,16H,5-9,11H2,1-4H3/b12-10-. The second-order valence-electron chi connectivity index (χ2n) is 4.44. The van der Waals surface area contributed by atoms with Gasteiger partial charge in [0.1, 0.15) is 6.04 Å². The molecule has 0 heterocycles. The maximum atomic E-state index is 11.7. The molecule has 5 heteroatoms. The molecule has 20 heavy (non-hydrogen) atoms. The molecule has 0 rings (SSSR count). The summed E-state index contributed by atoms with van der Waals surface area (Å²) in [5, 5.41) is 2.95. The highest BCUT2D eigenvalue weighted by Crippen LogP contribution is 2.04. The van der Waals surface area contributed by atoms with Crippen LogP contribution in [0.2, 0.25) is 0 Å². The van der Waals surface area contributed by atoms with Gasteiger partial charge in [0.25, 0.3) is 0 Å². The van der Waals surface area contributed by atoms with E-state index in [9.17, 15) is 9.59 Å². The normalized spacial score (nSPS) is 12.4. The number of hydrogen-bond acceptors (Lipinski definition) is 4. The lowest BCUT2D eigenvalue weighted by atomic mass is 10.1. The van der Waals surface area contributed by atoms with Gasteiger partial charge in [0, 0.05) is 13.1 Å². The zero-order valence-corrected chi connectivity index (χ0v) is 13.1. The molecule has 0 saturated heterocycles. The smallest absolute Gasteiger partial charge is 0.323 e. The maximum absolute atomic E-state index is 11.7. The van der Waals surface area contributed by atoms with E-state index < -0.39 is 0 Å². The van der Waals surface area contributed by atoms with Crippen LogP contribution < -0.4 is 5.32 Å². The number of hydrogen-bond donors (Lipinski definition) is 1. The summed E-state index contributed by atoms with van der Waals surface area (Å²) in [6.45, 7) is 7.58. The molecular formula is C15H28N2O3. The van der Waals surface area contributed by atoms with Gasteiger partial charge in [-0.2, -0.15) is 0 Å². The van der Waals surface area contributed by atoms with E-state index in [2.05, 4.69) is 5.32 Å². The lowest BCUT2D eigenvalue weighted by molar-refractivity contribution is -0.145. The third kappa shape index (κ3) is 7.28. The number of ether oxygens (including phenoxy) is 1. The Morgan fingerprint density at radius 1 is 1.25 bits per heavy atom. The molecule has 1 unspecified atom stereocenters. The van der Waals surface area contributed by atoms with Crippen LogP contribution in [0.1, 0.15) is 40.0 Å². The predicted molar refractivity (Wildman–Crippen MR) is 80.4 cm³/mol. The van der Waals surface area contributed by atoms with Crippen molar-refractivity contribution in [3.05, 3.63) is 12.2 Å². The number of rotatable bonds is 10. The van der Waals surface area contributed by atoms with Crippen molar-refractivity contribution >= 4 is 11.9 Å². The minimum Gasteiger partial charge on any atom is -0.465 e. The van der Waals surface area contributed by atoms with Crippen molar-refractivity contribution in [1.82, 2.24) is 10.2 Å². The summed E-state index contributed by atoms with van der Waals surface area (Å²) in [7, 11) is 1.75. The lowest BCUT2D eigenvalue weighted by Crippen LogP contribution is -2.35. The van der Waals surface area contributed by atoms with Crippen LogP contribution in [-0.2, 0) is 14.3 Å². The fourth-order valence-electron chi connectivity index (χ4n) is 1.89. The number of carbonyl (C=O) groups excluding carboxylic acids is 2. The first-order valence-electron chi connectivity index (χ1n) is 7.39. The van der Waals surface area contributed by atoms with Crippen molar-refractivity contribution in [2.45, 2.75) is 46.1 Å². The Balaban J connectivity index is 3.99. The van der Waals surface area contributed by atoms with Gasteiger partial charge < -0.3 is 15.0 Å². The Morgan fingerprint density at radius 3 is 2.40 bits per heavy atom. The fraction of sp³-hybridized carbons (Fsp3) is 0.733. The molecule has 0 aromatic heterocycles. The molecule has 0 aromatic rings. The van der Waals surface area contributed by atoms with Gasteiger partial charge in [-0.3, -0.25) is 9.59 Å². The minimum absolute atomic E-state index is 0.0468. The van der Waals surface area contributed by atoms with E-state index in [4.69, 9.17) is 4.74 Å². The number of allylic oxidation sites excluding steroid dienone is 1. The molecule has 0 bridgehead atoms.